The molecule has 116 valence electrons. The predicted octanol–water partition coefficient (Wildman–Crippen LogP) is 5.01. The van der Waals surface area contributed by atoms with E-state index in [9.17, 15) is 4.79 Å². The Hall–Kier alpha value is -2.29. The zero-order valence-corrected chi connectivity index (χ0v) is 12.9. The molecule has 0 unspecified atom stereocenters. The van der Waals surface area contributed by atoms with E-state index in [1.54, 1.807) is 18.2 Å². The zero-order valence-electron chi connectivity index (χ0n) is 12.9. The van der Waals surface area contributed by atoms with Crippen LogP contribution in [0.15, 0.2) is 48.5 Å². The van der Waals surface area contributed by atoms with E-state index in [0.29, 0.717) is 6.61 Å². The van der Waals surface area contributed by atoms with Gasteiger partial charge in [0.05, 0.1) is 12.2 Å². The standard InChI is InChI=1S/C19H22O3/c1-2-3-4-7-13-22-18-12-6-5-11-17(18)15-9-8-10-16(14-15)19(20)21/h5-6,8-12,14H,2-4,7,13H2,1H3,(H,20,21). The van der Waals surface area contributed by atoms with Crippen LogP contribution in [-0.2, 0) is 0 Å². The normalized spacial score (nSPS) is 10.4. The van der Waals surface area contributed by atoms with Crippen molar-refractivity contribution in [2.24, 2.45) is 0 Å². The molecule has 0 spiro atoms. The highest BCUT2D eigenvalue weighted by molar-refractivity contribution is 5.89. The van der Waals surface area contributed by atoms with Crippen LogP contribution in [0.2, 0.25) is 0 Å². The Morgan fingerprint density at radius 3 is 2.64 bits per heavy atom. The van der Waals surface area contributed by atoms with E-state index in [-0.39, 0.29) is 5.56 Å². The first-order chi connectivity index (χ1) is 10.7. The third kappa shape index (κ3) is 4.35. The second kappa shape index (κ2) is 8.23. The van der Waals surface area contributed by atoms with Crippen molar-refractivity contribution in [3.8, 4) is 16.9 Å². The summed E-state index contributed by atoms with van der Waals surface area (Å²) in [4.78, 5) is 11.1. The highest BCUT2D eigenvalue weighted by Gasteiger charge is 2.09. The maximum atomic E-state index is 11.1. The van der Waals surface area contributed by atoms with Gasteiger partial charge < -0.3 is 9.84 Å². The number of hydrogen-bond acceptors (Lipinski definition) is 2. The summed E-state index contributed by atoms with van der Waals surface area (Å²) < 4.78 is 5.89. The van der Waals surface area contributed by atoms with E-state index in [4.69, 9.17) is 9.84 Å². The number of carbonyl (C=O) groups is 1. The third-order valence-electron chi connectivity index (χ3n) is 3.56. The van der Waals surface area contributed by atoms with Crippen LogP contribution in [0.1, 0.15) is 43.0 Å². The summed E-state index contributed by atoms with van der Waals surface area (Å²) in [5.74, 6) is -0.110. The van der Waals surface area contributed by atoms with E-state index < -0.39 is 5.97 Å². The van der Waals surface area contributed by atoms with Crippen molar-refractivity contribution in [1.29, 1.82) is 0 Å². The molecule has 3 nitrogen and oxygen atoms in total. The molecule has 1 N–H and O–H groups in total. The minimum absolute atomic E-state index is 0.287. The highest BCUT2D eigenvalue weighted by atomic mass is 16.5. The van der Waals surface area contributed by atoms with Gasteiger partial charge in [0.1, 0.15) is 5.75 Å². The molecule has 3 heteroatoms. The van der Waals surface area contributed by atoms with Gasteiger partial charge in [0.2, 0.25) is 0 Å². The van der Waals surface area contributed by atoms with Gasteiger partial charge in [-0.05, 0) is 30.2 Å². The van der Waals surface area contributed by atoms with E-state index >= 15 is 0 Å². The first-order valence-electron chi connectivity index (χ1n) is 7.78. The average molecular weight is 298 g/mol. The quantitative estimate of drug-likeness (QED) is 0.697. The summed E-state index contributed by atoms with van der Waals surface area (Å²) in [5, 5.41) is 9.12. The Morgan fingerprint density at radius 2 is 1.86 bits per heavy atom. The van der Waals surface area contributed by atoms with Gasteiger partial charge >= 0.3 is 5.97 Å². The Kier molecular flexibility index (Phi) is 6.01. The number of carboxylic acid groups (broad SMARTS) is 1. The van der Waals surface area contributed by atoms with Crippen LogP contribution in [0.4, 0.5) is 0 Å². The summed E-state index contributed by atoms with van der Waals surface area (Å²) in [6, 6.07) is 14.7. The molecule has 0 aromatic heterocycles. The third-order valence-corrected chi connectivity index (χ3v) is 3.56. The van der Waals surface area contributed by atoms with Crippen LogP contribution in [0.25, 0.3) is 11.1 Å². The minimum atomic E-state index is -0.917. The lowest BCUT2D eigenvalue weighted by Crippen LogP contribution is -1.99. The van der Waals surface area contributed by atoms with Gasteiger partial charge in [-0.25, -0.2) is 4.79 Å². The first-order valence-corrected chi connectivity index (χ1v) is 7.78. The zero-order chi connectivity index (χ0) is 15.8. The SMILES string of the molecule is CCCCCCOc1ccccc1-c1cccc(C(=O)O)c1. The van der Waals surface area contributed by atoms with Gasteiger partial charge in [-0.1, -0.05) is 56.5 Å². The summed E-state index contributed by atoms with van der Waals surface area (Å²) in [6.45, 7) is 2.88. The fourth-order valence-corrected chi connectivity index (χ4v) is 2.36. The van der Waals surface area contributed by atoms with Crippen molar-refractivity contribution >= 4 is 5.97 Å². The summed E-state index contributed by atoms with van der Waals surface area (Å²) in [5.41, 5.74) is 2.08. The number of hydrogen-bond donors (Lipinski definition) is 1. The maximum Gasteiger partial charge on any atom is 0.335 e. The van der Waals surface area contributed by atoms with Crippen LogP contribution in [0.3, 0.4) is 0 Å². The molecule has 0 atom stereocenters. The fraction of sp³-hybridized carbons (Fsp3) is 0.316. The number of aromatic carboxylic acids is 1. The van der Waals surface area contributed by atoms with Crippen LogP contribution in [0.5, 0.6) is 5.75 Å². The molecular weight excluding hydrogens is 276 g/mol. The molecule has 2 aromatic rings. The summed E-state index contributed by atoms with van der Waals surface area (Å²) >= 11 is 0. The van der Waals surface area contributed by atoms with Gasteiger partial charge in [0.15, 0.2) is 0 Å². The molecule has 0 aliphatic heterocycles. The molecule has 22 heavy (non-hydrogen) atoms. The lowest BCUT2D eigenvalue weighted by Gasteiger charge is -2.12. The molecule has 0 aliphatic carbocycles. The second-order valence-corrected chi connectivity index (χ2v) is 5.29. The van der Waals surface area contributed by atoms with Gasteiger partial charge in [-0.3, -0.25) is 0 Å². The van der Waals surface area contributed by atoms with Crippen molar-refractivity contribution in [3.05, 3.63) is 54.1 Å². The van der Waals surface area contributed by atoms with Crippen molar-refractivity contribution in [1.82, 2.24) is 0 Å². The largest absolute Gasteiger partial charge is 0.493 e. The number of unbranched alkanes of at least 4 members (excludes halogenated alkanes) is 3. The van der Waals surface area contributed by atoms with E-state index in [1.165, 1.54) is 19.3 Å². The Labute approximate surface area is 131 Å². The molecule has 2 aromatic carbocycles. The maximum absolute atomic E-state index is 11.1. The summed E-state index contributed by atoms with van der Waals surface area (Å²) in [6.07, 6.45) is 4.65. The Bertz CT molecular complexity index is 620. The molecule has 0 saturated heterocycles. The van der Waals surface area contributed by atoms with Crippen LogP contribution >= 0.6 is 0 Å². The van der Waals surface area contributed by atoms with Crippen LogP contribution < -0.4 is 4.74 Å². The minimum Gasteiger partial charge on any atom is -0.493 e. The number of rotatable bonds is 8. The first kappa shape index (κ1) is 16.1. The van der Waals surface area contributed by atoms with Gasteiger partial charge in [0.25, 0.3) is 0 Å². The molecule has 0 heterocycles. The van der Waals surface area contributed by atoms with Crippen LogP contribution in [0, 0.1) is 0 Å². The van der Waals surface area contributed by atoms with Gasteiger partial charge in [-0.2, -0.15) is 0 Å². The highest BCUT2D eigenvalue weighted by Crippen LogP contribution is 2.30. The van der Waals surface area contributed by atoms with Crippen LogP contribution in [-0.4, -0.2) is 17.7 Å². The topological polar surface area (TPSA) is 46.5 Å². The molecular formula is C19H22O3. The lowest BCUT2D eigenvalue weighted by atomic mass is 10.0. The average Bonchev–Trinajstić information content (AvgIpc) is 2.55. The summed E-state index contributed by atoms with van der Waals surface area (Å²) in [7, 11) is 0. The molecule has 0 radical (unpaired) electrons. The lowest BCUT2D eigenvalue weighted by molar-refractivity contribution is 0.0697. The van der Waals surface area contributed by atoms with Crippen molar-refractivity contribution in [2.45, 2.75) is 32.6 Å². The smallest absolute Gasteiger partial charge is 0.335 e. The fourth-order valence-electron chi connectivity index (χ4n) is 2.36. The van der Waals surface area contributed by atoms with E-state index in [2.05, 4.69) is 6.92 Å². The Morgan fingerprint density at radius 1 is 1.05 bits per heavy atom. The van der Waals surface area contributed by atoms with Gasteiger partial charge in [-0.15, -0.1) is 0 Å². The molecule has 0 saturated carbocycles. The Balaban J connectivity index is 2.14. The van der Waals surface area contributed by atoms with Crippen molar-refractivity contribution in [2.75, 3.05) is 6.61 Å². The molecule has 0 fully saturated rings. The number of carboxylic acids is 1. The monoisotopic (exact) mass is 298 g/mol. The van der Waals surface area contributed by atoms with Crippen molar-refractivity contribution in [3.63, 3.8) is 0 Å². The molecule has 2 rings (SSSR count). The molecule has 0 amide bonds. The number of benzene rings is 2. The number of ether oxygens (including phenoxy) is 1. The molecule has 0 bridgehead atoms. The van der Waals surface area contributed by atoms with Gasteiger partial charge in [0, 0.05) is 5.56 Å². The van der Waals surface area contributed by atoms with E-state index in [0.717, 1.165) is 23.3 Å². The second-order valence-electron chi connectivity index (χ2n) is 5.29. The molecule has 0 aliphatic rings. The predicted molar refractivity (Wildman–Crippen MR) is 88.5 cm³/mol. The number of para-hydroxylation sites is 1. The van der Waals surface area contributed by atoms with E-state index in [1.807, 2.05) is 30.3 Å². The van der Waals surface area contributed by atoms with Crippen molar-refractivity contribution < 1.29 is 14.6 Å².